The lowest BCUT2D eigenvalue weighted by Crippen LogP contribution is -2.73. The summed E-state index contributed by atoms with van der Waals surface area (Å²) < 4.78 is 5.58. The average molecular weight is 503 g/mol. The first-order valence-corrected chi connectivity index (χ1v) is 12.8. The van der Waals surface area contributed by atoms with Gasteiger partial charge in [0.05, 0.1) is 12.5 Å². The Morgan fingerprint density at radius 2 is 1.69 bits per heavy atom. The van der Waals surface area contributed by atoms with Crippen LogP contribution >= 0.6 is 0 Å². The summed E-state index contributed by atoms with van der Waals surface area (Å²) in [6.45, 7) is 9.31. The number of likely N-dealkylation sites (tertiary alicyclic amines) is 1. The molecule has 3 saturated heterocycles. The highest BCUT2D eigenvalue weighted by Crippen LogP contribution is 2.45. The van der Waals surface area contributed by atoms with Gasteiger partial charge in [-0.25, -0.2) is 10.3 Å². The van der Waals surface area contributed by atoms with Crippen molar-refractivity contribution >= 4 is 23.6 Å². The predicted octanol–water partition coefficient (Wildman–Crippen LogP) is 2.30. The van der Waals surface area contributed by atoms with E-state index in [1.165, 1.54) is 5.56 Å². The Hall–Kier alpha value is -2.85. The van der Waals surface area contributed by atoms with Crippen LogP contribution in [-0.4, -0.2) is 89.5 Å². The largest absolute Gasteiger partial charge is 0.465 e. The fraction of sp³-hybridized carbons (Fsp3) is 0.654. The molecular weight excluding hydrogens is 464 g/mol. The van der Waals surface area contributed by atoms with Gasteiger partial charge in [0.15, 0.2) is 0 Å². The number of ether oxygens (including phenoxy) is 1. The summed E-state index contributed by atoms with van der Waals surface area (Å²) in [7, 11) is 0. The van der Waals surface area contributed by atoms with Gasteiger partial charge in [0.25, 0.3) is 0 Å². The fourth-order valence-corrected chi connectivity index (χ4v) is 6.13. The van der Waals surface area contributed by atoms with E-state index in [2.05, 4.69) is 49.9 Å². The SMILES string of the molecule is CC(C)(C)c1ccc(N2CCN(C(=O)[C@]3([C@@H]4CCOC4)[C@@H](C(=O)NO)CCCN3C(=O)O)CC2)cc1. The number of benzene rings is 1. The molecule has 3 amide bonds. The molecule has 0 saturated carbocycles. The van der Waals surface area contributed by atoms with Gasteiger partial charge < -0.3 is 19.6 Å². The number of anilines is 1. The lowest BCUT2D eigenvalue weighted by atomic mass is 9.66. The zero-order chi connectivity index (χ0) is 26.1. The Kier molecular flexibility index (Phi) is 7.47. The molecule has 198 valence electrons. The van der Waals surface area contributed by atoms with Crippen LogP contribution in [0.25, 0.3) is 0 Å². The van der Waals surface area contributed by atoms with Gasteiger partial charge in [-0.1, -0.05) is 32.9 Å². The van der Waals surface area contributed by atoms with E-state index in [-0.39, 0.29) is 24.5 Å². The van der Waals surface area contributed by atoms with E-state index in [1.54, 1.807) is 10.4 Å². The lowest BCUT2D eigenvalue weighted by Gasteiger charge is -2.53. The number of hydrogen-bond donors (Lipinski definition) is 3. The quantitative estimate of drug-likeness (QED) is 0.427. The van der Waals surface area contributed by atoms with Gasteiger partial charge in [0.2, 0.25) is 11.8 Å². The maximum absolute atomic E-state index is 14.3. The van der Waals surface area contributed by atoms with Crippen LogP contribution in [0.15, 0.2) is 24.3 Å². The van der Waals surface area contributed by atoms with Crippen molar-refractivity contribution in [3.8, 4) is 0 Å². The molecule has 10 heteroatoms. The molecule has 3 atom stereocenters. The van der Waals surface area contributed by atoms with Gasteiger partial charge in [-0.3, -0.25) is 19.7 Å². The number of rotatable bonds is 4. The van der Waals surface area contributed by atoms with E-state index in [1.807, 2.05) is 0 Å². The Morgan fingerprint density at radius 3 is 2.22 bits per heavy atom. The van der Waals surface area contributed by atoms with Crippen LogP contribution in [0.1, 0.15) is 45.6 Å². The summed E-state index contributed by atoms with van der Waals surface area (Å²) in [6.07, 6.45) is -0.00228. The van der Waals surface area contributed by atoms with Gasteiger partial charge in [-0.15, -0.1) is 0 Å². The van der Waals surface area contributed by atoms with Crippen LogP contribution in [0, 0.1) is 11.8 Å². The van der Waals surface area contributed by atoms with Crippen LogP contribution in [0.3, 0.4) is 0 Å². The summed E-state index contributed by atoms with van der Waals surface area (Å²) in [5.41, 5.74) is 2.48. The van der Waals surface area contributed by atoms with Crippen molar-refractivity contribution in [2.75, 3.05) is 50.8 Å². The van der Waals surface area contributed by atoms with Crippen molar-refractivity contribution in [1.29, 1.82) is 0 Å². The van der Waals surface area contributed by atoms with E-state index >= 15 is 0 Å². The lowest BCUT2D eigenvalue weighted by molar-refractivity contribution is -0.165. The number of carbonyl (C=O) groups excluding carboxylic acids is 2. The van der Waals surface area contributed by atoms with Crippen LogP contribution in [0.2, 0.25) is 0 Å². The Morgan fingerprint density at radius 1 is 1.03 bits per heavy atom. The number of nitrogens with one attached hydrogen (secondary N) is 1. The first-order valence-electron chi connectivity index (χ1n) is 12.8. The number of piperazine rings is 1. The highest BCUT2D eigenvalue weighted by atomic mass is 16.5. The number of hydroxylamine groups is 1. The molecule has 0 unspecified atom stereocenters. The minimum Gasteiger partial charge on any atom is -0.465 e. The molecule has 3 aliphatic heterocycles. The summed E-state index contributed by atoms with van der Waals surface area (Å²) in [5, 5.41) is 19.6. The molecule has 0 aliphatic carbocycles. The van der Waals surface area contributed by atoms with Gasteiger partial charge in [0.1, 0.15) is 5.54 Å². The highest BCUT2D eigenvalue weighted by molar-refractivity contribution is 5.97. The van der Waals surface area contributed by atoms with E-state index in [9.17, 15) is 24.7 Å². The molecule has 36 heavy (non-hydrogen) atoms. The fourth-order valence-electron chi connectivity index (χ4n) is 6.13. The Balaban J connectivity index is 1.59. The van der Waals surface area contributed by atoms with E-state index < -0.39 is 29.4 Å². The van der Waals surface area contributed by atoms with E-state index in [0.717, 1.165) is 10.6 Å². The molecule has 0 spiro atoms. The van der Waals surface area contributed by atoms with Crippen molar-refractivity contribution in [3.05, 3.63) is 29.8 Å². The normalized spacial score (nSPS) is 27.2. The number of nitrogens with zero attached hydrogens (tertiary/aromatic N) is 3. The minimum absolute atomic E-state index is 0.0648. The summed E-state index contributed by atoms with van der Waals surface area (Å²) >= 11 is 0. The molecule has 1 aromatic rings. The Labute approximate surface area is 212 Å². The molecule has 3 aliphatic rings. The van der Waals surface area contributed by atoms with E-state index in [0.29, 0.717) is 52.0 Å². The Bertz CT molecular complexity index is 964. The first kappa shape index (κ1) is 26.2. The van der Waals surface area contributed by atoms with Crippen molar-refractivity contribution in [2.24, 2.45) is 11.8 Å². The monoisotopic (exact) mass is 502 g/mol. The van der Waals surface area contributed by atoms with Crippen molar-refractivity contribution in [3.63, 3.8) is 0 Å². The molecule has 3 heterocycles. The highest BCUT2D eigenvalue weighted by Gasteiger charge is 2.63. The molecular formula is C26H38N4O6. The second kappa shape index (κ2) is 10.3. The van der Waals surface area contributed by atoms with Crippen molar-refractivity contribution in [2.45, 2.75) is 51.0 Å². The second-order valence-electron chi connectivity index (χ2n) is 11.1. The number of carboxylic acid groups (broad SMARTS) is 1. The zero-order valence-corrected chi connectivity index (χ0v) is 21.4. The number of amides is 3. The maximum Gasteiger partial charge on any atom is 0.408 e. The standard InChI is InChI=1S/C26H38N4O6/c1-25(2,3)18-6-8-20(9-7-18)28-12-14-29(15-13-28)23(32)26(19-10-16-36-17-19)21(22(31)27-35)5-4-11-30(26)24(33)34/h6-9,19,21,35H,4-5,10-17H2,1-3H3,(H,27,31)(H,33,34)/t19-,21-,26+/m1/s1. The van der Waals surface area contributed by atoms with Gasteiger partial charge in [-0.2, -0.15) is 0 Å². The summed E-state index contributed by atoms with van der Waals surface area (Å²) in [6, 6.07) is 8.47. The zero-order valence-electron chi connectivity index (χ0n) is 21.4. The molecule has 3 N–H and O–H groups in total. The summed E-state index contributed by atoms with van der Waals surface area (Å²) in [5.74, 6) is -2.55. The molecule has 0 radical (unpaired) electrons. The molecule has 0 aromatic heterocycles. The van der Waals surface area contributed by atoms with Crippen LogP contribution in [-0.2, 0) is 19.7 Å². The molecule has 4 rings (SSSR count). The smallest absolute Gasteiger partial charge is 0.408 e. The third-order valence-electron chi connectivity index (χ3n) is 8.07. The molecule has 0 bridgehead atoms. The van der Waals surface area contributed by atoms with Gasteiger partial charge in [0, 0.05) is 50.9 Å². The van der Waals surface area contributed by atoms with Crippen LogP contribution in [0.4, 0.5) is 10.5 Å². The first-order chi connectivity index (χ1) is 17.1. The number of hydrogen-bond acceptors (Lipinski definition) is 6. The second-order valence-corrected chi connectivity index (χ2v) is 11.1. The number of carbonyl (C=O) groups is 3. The van der Waals surface area contributed by atoms with E-state index in [4.69, 9.17) is 4.74 Å². The number of piperidine rings is 1. The van der Waals surface area contributed by atoms with Crippen LogP contribution < -0.4 is 10.4 Å². The molecule has 1 aromatic carbocycles. The van der Waals surface area contributed by atoms with Gasteiger partial charge in [-0.05, 0) is 42.4 Å². The van der Waals surface area contributed by atoms with Gasteiger partial charge >= 0.3 is 6.09 Å². The summed E-state index contributed by atoms with van der Waals surface area (Å²) in [4.78, 5) is 44.6. The predicted molar refractivity (Wildman–Crippen MR) is 133 cm³/mol. The van der Waals surface area contributed by atoms with Crippen molar-refractivity contribution < 1.29 is 29.4 Å². The average Bonchev–Trinajstić information content (AvgIpc) is 3.42. The topological polar surface area (TPSA) is 123 Å². The van der Waals surface area contributed by atoms with Crippen LogP contribution in [0.5, 0.6) is 0 Å². The molecule has 10 nitrogen and oxygen atoms in total. The maximum atomic E-state index is 14.3. The van der Waals surface area contributed by atoms with Crippen molar-refractivity contribution in [1.82, 2.24) is 15.3 Å². The minimum atomic E-state index is -1.61. The third kappa shape index (κ3) is 4.64. The third-order valence-corrected chi connectivity index (χ3v) is 8.07. The molecule has 3 fully saturated rings.